The van der Waals surface area contributed by atoms with Gasteiger partial charge in [-0.05, 0) is 138 Å². The molecule has 3 aromatic carbocycles. The minimum Gasteiger partial charge on any atom is -0.496 e. The summed E-state index contributed by atoms with van der Waals surface area (Å²) in [6.45, 7) is 16.9. The summed E-state index contributed by atoms with van der Waals surface area (Å²) in [5.74, 6) is -2.54. The van der Waals surface area contributed by atoms with Gasteiger partial charge in [0, 0.05) is 151 Å². The standard InChI is InChI=1S/C50H68N6O9S2.C36H50N12O7.5CO2/c1-6-9-22-66-67-23-21-65-45(60)53-52-44(59)50(62)42-49(17-20-56-18-12-16-47(8-3,41(49)56)43(50)58)35-24-36(39(63-5)25-38(35)54(42)4)48(30-64-31-57)27-32-26-46(61,7-2)29-55(28-32)19-15-34-33-13-10-11-14-37(33)51-40(34)48;1-19(32(53)46-27(8-6-14-41-35(37)38)28(51)16-20(2)31(52)44-21(3)22(4)49)15-26(50)7-5-13-40-33(54)23-9-11-24(12-10-23)42-17-25-18-43-30-29(45-25)34(55)48-36(39)47-30;5*2-1-3/h10-14,16,24-25,31-32,41-43,51,58,61-62H,6-9,15,17-23,26-30H2,1-5H3,(H,52,59)(H,53,60);9-12,18-21,27,42H,5-8,13-17H2,1-4H3,(H,40,54)(H,44,52)(H,46,53)(H4,37,38,41)(H3,39,43,47,48,55);;;;;/t32-,41+,42-,43-,46+,47-,48+,49-,50+;19-,20-,21+,27+;;;;;/m11...../s1. The highest BCUT2D eigenvalue weighted by Crippen LogP contribution is 2.68. The molecule has 17 N–H and O–H groups in total. The van der Waals surface area contributed by atoms with Gasteiger partial charge in [0.05, 0.1) is 54.7 Å². The Balaban J connectivity index is 0.000000373. The van der Waals surface area contributed by atoms with E-state index >= 15 is 0 Å². The van der Waals surface area contributed by atoms with Crippen LogP contribution in [0.4, 0.5) is 22.1 Å². The van der Waals surface area contributed by atoms with E-state index in [2.05, 4.69) is 97.0 Å². The molecule has 740 valence electrons. The summed E-state index contributed by atoms with van der Waals surface area (Å²) in [6.07, 6.45) is 10.7. The summed E-state index contributed by atoms with van der Waals surface area (Å²) in [4.78, 5) is 239. The van der Waals surface area contributed by atoms with Crippen molar-refractivity contribution in [1.82, 2.24) is 61.5 Å². The first-order valence-corrected chi connectivity index (χ1v) is 46.6. The van der Waals surface area contributed by atoms with E-state index in [0.717, 1.165) is 70.7 Å². The van der Waals surface area contributed by atoms with Gasteiger partial charge in [0.25, 0.3) is 23.8 Å². The average Bonchev–Trinajstić information content (AvgIpc) is 1.48. The van der Waals surface area contributed by atoms with Gasteiger partial charge in [-0.15, -0.1) is 0 Å². The van der Waals surface area contributed by atoms with Gasteiger partial charge in [0.1, 0.15) is 30.9 Å². The number of anilines is 3. The Hall–Kier alpha value is -13.3. The number of hydrazine groups is 1. The van der Waals surface area contributed by atoms with Crippen LogP contribution in [0.25, 0.3) is 22.1 Å². The number of fused-ring (bicyclic) bond motifs is 7. The molecule has 1 saturated carbocycles. The second-order valence-electron chi connectivity index (χ2n) is 33.7. The van der Waals surface area contributed by atoms with Crippen molar-refractivity contribution in [3.05, 3.63) is 123 Å². The maximum absolute atomic E-state index is 14.9. The molecule has 137 heavy (non-hydrogen) atoms. The van der Waals surface area contributed by atoms with Crippen molar-refractivity contribution in [3.63, 3.8) is 0 Å². The van der Waals surface area contributed by atoms with Crippen LogP contribution in [0.5, 0.6) is 5.75 Å². The van der Waals surface area contributed by atoms with Crippen molar-refractivity contribution in [2.45, 2.75) is 197 Å². The first kappa shape index (κ1) is 112. The number of hydrogen-bond donors (Lipinski definition) is 14. The zero-order valence-corrected chi connectivity index (χ0v) is 79.1. The summed E-state index contributed by atoms with van der Waals surface area (Å²) in [6, 6.07) is 16.1. The van der Waals surface area contributed by atoms with E-state index in [-0.39, 0.29) is 148 Å². The third-order valence-electron chi connectivity index (χ3n) is 25.1. The number of ether oxygens (including phenoxy) is 3. The molecule has 5 aliphatic heterocycles. The number of H-pyrrole nitrogens is 2. The number of hydrogen-bond acceptors (Lipinski definition) is 37. The Kier molecular flexibility index (Phi) is 44.2. The number of likely N-dealkylation sites (N-methyl/N-ethyl adjacent to an activating group) is 1. The van der Waals surface area contributed by atoms with Gasteiger partial charge in [-0.2, -0.15) is 52.9 Å². The molecular weight excluding hydrogens is 1830 g/mol. The maximum atomic E-state index is 14.9. The number of nitrogens with one attached hydrogen (secondary N) is 8. The number of para-hydroxylation sites is 1. The Morgan fingerprint density at radius 3 is 2.10 bits per heavy atom. The fourth-order valence-corrected chi connectivity index (χ4v) is 21.1. The highest BCUT2D eigenvalue weighted by Gasteiger charge is 2.79. The number of benzene rings is 3. The number of nitrogens with two attached hydrogens (primary N) is 3. The molecule has 0 radical (unpaired) electrons. The van der Waals surface area contributed by atoms with Gasteiger partial charge in [-0.3, -0.25) is 68.4 Å². The lowest BCUT2D eigenvalue weighted by molar-refractivity contribution is -0.204. The van der Waals surface area contributed by atoms with E-state index in [0.29, 0.717) is 106 Å². The number of ketones is 3. The Morgan fingerprint density at radius 1 is 0.796 bits per heavy atom. The third kappa shape index (κ3) is 28.2. The van der Waals surface area contributed by atoms with E-state index < -0.39 is 92.9 Å². The number of guanidine groups is 1. The van der Waals surface area contributed by atoms with Crippen LogP contribution < -0.4 is 64.5 Å². The number of aromatic nitrogens is 5. The van der Waals surface area contributed by atoms with Crippen LogP contribution in [0, 0.1) is 23.2 Å². The first-order chi connectivity index (χ1) is 65.4. The number of Topliss-reactive ketones (excluding diaryl/α,β-unsaturated/α-hetero) is 3. The molecular formula is C91H118N18O26S2. The zero-order chi connectivity index (χ0) is 102. The number of aliphatic hydroxyl groups is 3. The van der Waals surface area contributed by atoms with Crippen molar-refractivity contribution in [2.75, 3.05) is 101 Å². The fraction of sp³-hybridized carbons (Fsp3) is 0.527. The Morgan fingerprint density at radius 2 is 1.46 bits per heavy atom. The van der Waals surface area contributed by atoms with E-state index in [1.54, 1.807) is 73.7 Å². The molecule has 8 heterocycles. The lowest BCUT2D eigenvalue weighted by atomic mass is 9.47. The van der Waals surface area contributed by atoms with Gasteiger partial charge >= 0.3 is 36.9 Å². The molecule has 5 amide bonds. The zero-order valence-electron chi connectivity index (χ0n) is 77.5. The Labute approximate surface area is 795 Å². The second-order valence-corrected chi connectivity index (χ2v) is 36.4. The number of aliphatic hydroxyl groups excluding tert-OH is 1. The number of methoxy groups -OCH3 is 1. The van der Waals surface area contributed by atoms with E-state index in [4.69, 9.17) is 79.4 Å². The average molecular weight is 1940 g/mol. The number of rotatable bonds is 37. The minimum absolute atomic E-state index is 0.00250. The van der Waals surface area contributed by atoms with Crippen molar-refractivity contribution < 1.29 is 121 Å². The summed E-state index contributed by atoms with van der Waals surface area (Å²) in [5, 5.41) is 50.6. The van der Waals surface area contributed by atoms with Crippen LogP contribution in [0.1, 0.15) is 170 Å². The Bertz CT molecular complexity index is 5430. The summed E-state index contributed by atoms with van der Waals surface area (Å²) in [7, 11) is 6.82. The van der Waals surface area contributed by atoms with Crippen LogP contribution >= 0.6 is 21.6 Å². The van der Waals surface area contributed by atoms with Crippen LogP contribution in [0.15, 0.2) is 88.8 Å². The molecule has 2 bridgehead atoms. The van der Waals surface area contributed by atoms with Gasteiger partial charge in [0.15, 0.2) is 34.3 Å². The summed E-state index contributed by atoms with van der Waals surface area (Å²) >= 11 is 0. The molecule has 12 rings (SSSR count). The van der Waals surface area contributed by atoms with Crippen LogP contribution in [-0.2, 0) is 115 Å². The summed E-state index contributed by atoms with van der Waals surface area (Å²) < 4.78 is 17.8. The number of nitrogen functional groups attached to an aromatic ring is 1. The maximum Gasteiger partial charge on any atom is 0.426 e. The fourth-order valence-electron chi connectivity index (χ4n) is 19.1. The monoisotopic (exact) mass is 1940 g/mol. The molecule has 1 spiro atoms. The predicted molar refractivity (Wildman–Crippen MR) is 492 cm³/mol. The van der Waals surface area contributed by atoms with Crippen molar-refractivity contribution in [1.29, 1.82) is 0 Å². The number of unbranched alkanes of at least 4 members (excludes halogenated alkanes) is 1. The van der Waals surface area contributed by atoms with Crippen molar-refractivity contribution >= 4 is 151 Å². The smallest absolute Gasteiger partial charge is 0.426 e. The van der Waals surface area contributed by atoms with Gasteiger partial charge in [-0.25, -0.2) is 20.2 Å². The number of aliphatic imine (C=N–C) groups is 1. The predicted octanol–water partition coefficient (Wildman–Crippen LogP) is 2.51. The third-order valence-corrected chi connectivity index (χ3v) is 27.6. The molecule has 6 aliphatic rings. The topological polar surface area (TPSA) is 672 Å². The molecule has 1 aliphatic carbocycles. The van der Waals surface area contributed by atoms with Crippen molar-refractivity contribution in [3.8, 4) is 5.75 Å². The van der Waals surface area contributed by atoms with Crippen molar-refractivity contribution in [2.24, 2.45) is 39.6 Å². The first-order valence-electron chi connectivity index (χ1n) is 44.1. The molecule has 1 unspecified atom stereocenters. The second kappa shape index (κ2) is 53.8. The SMILES string of the molecule is CC(=O)[C@H](C)NC(=O)[C@H](C)CC(=O)[C@H](CCCN=C(N)N)NC(=O)[C@H](C)CC(=O)CCCNC(=O)c1ccc(NCc2cnc3nc(N)[nH]c(=O)c3n2)cc1.CCCCSSCCOC(=O)NNC(=O)[C@@]1(O)[C@H](O)[C@]2(CC)C=CCN3CC[C@@]4(c5cc([C@@]6(COC=O)C[C@@H]7CN(CCc8c6[nH]c6ccccc86)C[C@](O)(CC)C7)c(OC)cc5N(C)[C@@H]14)[C@@H]32.O=C=O.O=C=O.O=C=O.O=C=O.O=C=O. The quantitative estimate of drug-likeness (QED) is 0.00507. The van der Waals surface area contributed by atoms with Crippen LogP contribution in [-0.4, -0.2) is 266 Å². The van der Waals surface area contributed by atoms with E-state index in [1.165, 1.54) is 13.1 Å². The van der Waals surface area contributed by atoms with E-state index in [9.17, 15) is 63.3 Å². The van der Waals surface area contributed by atoms with Gasteiger partial charge in [0.2, 0.25) is 17.8 Å². The highest BCUT2D eigenvalue weighted by atomic mass is 33.1. The van der Waals surface area contributed by atoms with Gasteiger partial charge in [-0.1, -0.05) is 93.0 Å². The molecule has 46 heteroatoms. The summed E-state index contributed by atoms with van der Waals surface area (Å²) in [5.41, 5.74) is 21.5. The van der Waals surface area contributed by atoms with Crippen LogP contribution in [0.3, 0.4) is 0 Å². The molecule has 6 aromatic rings. The number of amides is 5. The van der Waals surface area contributed by atoms with Crippen LogP contribution in [0.2, 0.25) is 0 Å². The number of nitrogens with zero attached hydrogens (tertiary/aromatic N) is 7. The number of aromatic amines is 2. The van der Waals surface area contributed by atoms with E-state index in [1.807, 2.05) is 56.1 Å². The normalized spacial score (nSPS) is 22.1. The molecule has 3 fully saturated rings. The number of carbonyl (C=O) groups excluding carboxylic acids is 19. The lowest BCUT2D eigenvalue weighted by Gasteiger charge is -2.63. The molecule has 14 atom stereocenters. The van der Waals surface area contributed by atoms with Gasteiger partial charge < -0.3 is 77.9 Å². The molecule has 44 nitrogen and oxygen atoms in total. The largest absolute Gasteiger partial charge is 0.496 e. The number of carbonyl (C=O) groups is 9. The number of piperidine rings is 1. The highest BCUT2D eigenvalue weighted by molar-refractivity contribution is 8.76. The molecule has 3 aromatic heterocycles. The minimum atomic E-state index is -2.46. The lowest BCUT2D eigenvalue weighted by Crippen LogP contribution is -2.82. The molecule has 2 saturated heterocycles.